The highest BCUT2D eigenvalue weighted by Crippen LogP contribution is 2.22. The van der Waals surface area contributed by atoms with E-state index in [2.05, 4.69) is 4.99 Å². The van der Waals surface area contributed by atoms with Crippen molar-refractivity contribution in [3.8, 4) is 0 Å². The molecule has 1 heterocycles. The number of rotatable bonds is 3. The predicted molar refractivity (Wildman–Crippen MR) is 83.1 cm³/mol. The largest absolute Gasteiger partial charge is 0.406 e. The van der Waals surface area contributed by atoms with Crippen LogP contribution in [0.2, 0.25) is 5.02 Å². The van der Waals surface area contributed by atoms with Gasteiger partial charge in [0.1, 0.15) is 0 Å². The number of halogens is 1. The fourth-order valence-corrected chi connectivity index (χ4v) is 2.23. The number of carbonyl (C=O) groups excluding carboxylic acids is 1. The Kier molecular flexibility index (Phi) is 3.84. The van der Waals surface area contributed by atoms with Crippen molar-refractivity contribution in [1.29, 1.82) is 0 Å². The highest BCUT2D eigenvalue weighted by molar-refractivity contribution is 6.32. The SMILES string of the molecule is O=C1OC(Cc2ccccc2)=N/C1=C\c1ccccc1Cl. The molecule has 0 N–H and O–H groups in total. The smallest absolute Gasteiger partial charge is 0.363 e. The van der Waals surface area contributed by atoms with E-state index in [4.69, 9.17) is 16.3 Å². The van der Waals surface area contributed by atoms with Crippen LogP contribution in [0.15, 0.2) is 65.3 Å². The molecule has 0 bridgehead atoms. The van der Waals surface area contributed by atoms with Crippen LogP contribution in [0.1, 0.15) is 11.1 Å². The number of hydrogen-bond acceptors (Lipinski definition) is 3. The van der Waals surface area contributed by atoms with Crippen molar-refractivity contribution < 1.29 is 9.53 Å². The molecule has 0 fully saturated rings. The Bertz CT molecular complexity index is 735. The normalized spacial score (nSPS) is 16.0. The monoisotopic (exact) mass is 297 g/mol. The number of carbonyl (C=O) groups is 1. The fourth-order valence-electron chi connectivity index (χ4n) is 2.04. The average Bonchev–Trinajstić information content (AvgIpc) is 2.82. The van der Waals surface area contributed by atoms with Crippen LogP contribution in [-0.2, 0) is 16.0 Å². The van der Waals surface area contributed by atoms with E-state index in [-0.39, 0.29) is 5.70 Å². The summed E-state index contributed by atoms with van der Waals surface area (Å²) in [6, 6.07) is 17.0. The summed E-state index contributed by atoms with van der Waals surface area (Å²) < 4.78 is 5.19. The molecule has 2 aromatic rings. The van der Waals surface area contributed by atoms with E-state index < -0.39 is 5.97 Å². The lowest BCUT2D eigenvalue weighted by Gasteiger charge is -1.98. The number of cyclic esters (lactones) is 1. The Labute approximate surface area is 127 Å². The number of ether oxygens (including phenoxy) is 1. The number of benzene rings is 2. The summed E-state index contributed by atoms with van der Waals surface area (Å²) in [4.78, 5) is 16.1. The van der Waals surface area contributed by atoms with Crippen molar-refractivity contribution in [3.05, 3.63) is 76.4 Å². The lowest BCUT2D eigenvalue weighted by Crippen LogP contribution is -2.06. The first-order valence-corrected chi connectivity index (χ1v) is 6.90. The molecule has 0 atom stereocenters. The van der Waals surface area contributed by atoms with Crippen LogP contribution in [0.4, 0.5) is 0 Å². The second kappa shape index (κ2) is 5.94. The van der Waals surface area contributed by atoms with E-state index in [0.717, 1.165) is 11.1 Å². The van der Waals surface area contributed by atoms with Gasteiger partial charge in [-0.15, -0.1) is 0 Å². The molecule has 1 aliphatic heterocycles. The number of hydrogen-bond donors (Lipinski definition) is 0. The zero-order valence-corrected chi connectivity index (χ0v) is 11.9. The van der Waals surface area contributed by atoms with E-state index in [1.165, 1.54) is 0 Å². The maximum absolute atomic E-state index is 11.8. The molecule has 4 heteroatoms. The lowest BCUT2D eigenvalue weighted by atomic mass is 10.1. The van der Waals surface area contributed by atoms with Gasteiger partial charge in [-0.25, -0.2) is 9.79 Å². The fraction of sp³-hybridized carbons (Fsp3) is 0.0588. The third kappa shape index (κ3) is 3.20. The molecular formula is C17H12ClNO2. The highest BCUT2D eigenvalue weighted by Gasteiger charge is 2.23. The van der Waals surface area contributed by atoms with Gasteiger partial charge in [-0.05, 0) is 23.3 Å². The zero-order valence-electron chi connectivity index (χ0n) is 11.1. The highest BCUT2D eigenvalue weighted by atomic mass is 35.5. The molecule has 0 amide bonds. The van der Waals surface area contributed by atoms with Gasteiger partial charge < -0.3 is 4.74 Å². The van der Waals surface area contributed by atoms with Gasteiger partial charge in [0.2, 0.25) is 5.90 Å². The van der Waals surface area contributed by atoms with Gasteiger partial charge in [0, 0.05) is 11.4 Å². The van der Waals surface area contributed by atoms with Gasteiger partial charge >= 0.3 is 5.97 Å². The van der Waals surface area contributed by atoms with Crippen molar-refractivity contribution in [3.63, 3.8) is 0 Å². The predicted octanol–water partition coefficient (Wildman–Crippen LogP) is 3.88. The summed E-state index contributed by atoms with van der Waals surface area (Å²) in [7, 11) is 0. The summed E-state index contributed by atoms with van der Waals surface area (Å²) in [5.41, 5.74) is 2.06. The molecule has 3 nitrogen and oxygen atoms in total. The second-order valence-electron chi connectivity index (χ2n) is 4.61. The maximum atomic E-state index is 11.8. The quantitative estimate of drug-likeness (QED) is 0.637. The van der Waals surface area contributed by atoms with Gasteiger partial charge in [0.25, 0.3) is 0 Å². The van der Waals surface area contributed by atoms with Crippen LogP contribution < -0.4 is 0 Å². The van der Waals surface area contributed by atoms with E-state index >= 15 is 0 Å². The minimum absolute atomic E-state index is 0.272. The van der Waals surface area contributed by atoms with Gasteiger partial charge in [0.15, 0.2) is 5.70 Å². The molecule has 0 aliphatic carbocycles. The molecule has 0 aromatic heterocycles. The number of aliphatic imine (C=N–C) groups is 1. The minimum Gasteiger partial charge on any atom is -0.406 e. The standard InChI is InChI=1S/C17H12ClNO2/c18-14-9-5-4-8-13(14)11-15-17(20)21-16(19-15)10-12-6-2-1-3-7-12/h1-9,11H,10H2/b15-11-. The van der Waals surface area contributed by atoms with Gasteiger partial charge in [-0.3, -0.25) is 0 Å². The molecule has 0 spiro atoms. The van der Waals surface area contributed by atoms with Crippen LogP contribution in [0.3, 0.4) is 0 Å². The third-order valence-corrected chi connectivity index (χ3v) is 3.40. The summed E-state index contributed by atoms with van der Waals surface area (Å²) in [5.74, 6) is -0.0367. The van der Waals surface area contributed by atoms with Gasteiger partial charge in [0.05, 0.1) is 0 Å². The van der Waals surface area contributed by atoms with Crippen molar-refractivity contribution in [2.24, 2.45) is 4.99 Å². The third-order valence-electron chi connectivity index (χ3n) is 3.06. The average molecular weight is 298 g/mol. The molecule has 0 saturated carbocycles. The molecule has 3 rings (SSSR count). The van der Waals surface area contributed by atoms with Crippen LogP contribution >= 0.6 is 11.6 Å². The molecule has 2 aromatic carbocycles. The Morgan fingerprint density at radius 1 is 1.05 bits per heavy atom. The van der Waals surface area contributed by atoms with E-state index in [1.807, 2.05) is 48.5 Å². The summed E-state index contributed by atoms with van der Waals surface area (Å²) in [6.07, 6.45) is 2.13. The van der Waals surface area contributed by atoms with Crippen LogP contribution in [-0.4, -0.2) is 11.9 Å². The molecular weight excluding hydrogens is 286 g/mol. The van der Waals surface area contributed by atoms with E-state index in [1.54, 1.807) is 12.1 Å². The first kappa shape index (κ1) is 13.6. The first-order chi connectivity index (χ1) is 10.2. The van der Waals surface area contributed by atoms with E-state index in [0.29, 0.717) is 17.3 Å². The Morgan fingerprint density at radius 2 is 1.76 bits per heavy atom. The van der Waals surface area contributed by atoms with Gasteiger partial charge in [-0.2, -0.15) is 0 Å². The molecule has 1 aliphatic rings. The first-order valence-electron chi connectivity index (χ1n) is 6.52. The second-order valence-corrected chi connectivity index (χ2v) is 5.02. The topological polar surface area (TPSA) is 38.7 Å². The van der Waals surface area contributed by atoms with E-state index in [9.17, 15) is 4.79 Å². The lowest BCUT2D eigenvalue weighted by molar-refractivity contribution is -0.130. The number of esters is 1. The Morgan fingerprint density at radius 3 is 2.52 bits per heavy atom. The number of nitrogens with zero attached hydrogens (tertiary/aromatic N) is 1. The van der Waals surface area contributed by atoms with Crippen LogP contribution in [0.5, 0.6) is 0 Å². The van der Waals surface area contributed by atoms with Crippen LogP contribution in [0, 0.1) is 0 Å². The molecule has 0 unspecified atom stereocenters. The van der Waals surface area contributed by atoms with Crippen molar-refractivity contribution in [2.45, 2.75) is 6.42 Å². The van der Waals surface area contributed by atoms with Crippen molar-refractivity contribution in [2.75, 3.05) is 0 Å². The van der Waals surface area contributed by atoms with Crippen molar-refractivity contribution in [1.82, 2.24) is 0 Å². The maximum Gasteiger partial charge on any atom is 0.363 e. The van der Waals surface area contributed by atoms with Gasteiger partial charge in [-0.1, -0.05) is 60.1 Å². The van der Waals surface area contributed by atoms with Crippen molar-refractivity contribution >= 4 is 29.5 Å². The summed E-state index contributed by atoms with van der Waals surface area (Å²) >= 11 is 6.07. The zero-order chi connectivity index (χ0) is 14.7. The van der Waals surface area contributed by atoms with Crippen LogP contribution in [0.25, 0.3) is 6.08 Å². The Balaban J connectivity index is 1.84. The molecule has 21 heavy (non-hydrogen) atoms. The molecule has 0 radical (unpaired) electrons. The summed E-state index contributed by atoms with van der Waals surface area (Å²) in [6.45, 7) is 0. The molecule has 104 valence electrons. The minimum atomic E-state index is -0.444. The Hall–Kier alpha value is -2.39. The molecule has 0 saturated heterocycles. The summed E-state index contributed by atoms with van der Waals surface area (Å²) in [5, 5.41) is 0.574.